The number of aromatic nitrogens is 3. The molecule has 1 aromatic heterocycles. The molecule has 0 N–H and O–H groups in total. The molecule has 5 heteroatoms. The van der Waals surface area contributed by atoms with Crippen molar-refractivity contribution in [2.24, 2.45) is 0 Å². The Balaban J connectivity index is 2.09. The van der Waals surface area contributed by atoms with Crippen molar-refractivity contribution < 1.29 is 0 Å². The summed E-state index contributed by atoms with van der Waals surface area (Å²) in [5, 5.41) is 8.91. The minimum atomic E-state index is 0.809. The Labute approximate surface area is 149 Å². The van der Waals surface area contributed by atoms with Gasteiger partial charge in [0.05, 0.1) is 10.2 Å². The lowest BCUT2D eigenvalue weighted by Crippen LogP contribution is -2.23. The molecule has 0 unspecified atom stereocenters. The van der Waals surface area contributed by atoms with Gasteiger partial charge in [0, 0.05) is 29.9 Å². The van der Waals surface area contributed by atoms with Crippen LogP contribution < -0.4 is 4.90 Å². The van der Waals surface area contributed by atoms with Crippen LogP contribution in [0.25, 0.3) is 22.5 Å². The summed E-state index contributed by atoms with van der Waals surface area (Å²) in [5.74, 6) is 0. The van der Waals surface area contributed by atoms with Gasteiger partial charge < -0.3 is 4.90 Å². The minimum Gasteiger partial charge on any atom is -0.357 e. The molecule has 0 radical (unpaired) electrons. The van der Waals surface area contributed by atoms with Crippen LogP contribution in [-0.2, 0) is 13.1 Å². The summed E-state index contributed by atoms with van der Waals surface area (Å²) in [6, 6.07) is 17.1. The summed E-state index contributed by atoms with van der Waals surface area (Å²) in [7, 11) is 0. The molecule has 3 aromatic rings. The second-order valence-corrected chi connectivity index (χ2v) is 6.28. The molecule has 116 valence electrons. The highest BCUT2D eigenvalue weighted by Gasteiger charge is 2.25. The van der Waals surface area contributed by atoms with Crippen LogP contribution in [0, 0.1) is 0 Å². The Kier molecular flexibility index (Phi) is 3.80. The molecule has 0 spiro atoms. The highest BCUT2D eigenvalue weighted by Crippen LogP contribution is 2.40. The van der Waals surface area contributed by atoms with Gasteiger partial charge in [-0.3, -0.25) is 0 Å². The van der Waals surface area contributed by atoms with Crippen LogP contribution in [-0.4, -0.2) is 19.5 Å². The summed E-state index contributed by atoms with van der Waals surface area (Å²) in [5.41, 5.74) is 7.04. The number of hydrogen-bond donors (Lipinski definition) is 0. The fraction of sp³-hybridized carbons (Fsp3) is 0.222. The lowest BCUT2D eigenvalue weighted by Gasteiger charge is -2.28. The fourth-order valence-electron chi connectivity index (χ4n) is 3.22. The van der Waals surface area contributed by atoms with E-state index in [1.165, 1.54) is 22.4 Å². The van der Waals surface area contributed by atoms with Crippen LogP contribution in [0.4, 0.5) is 5.69 Å². The third-order valence-corrected chi connectivity index (χ3v) is 5.14. The highest BCUT2D eigenvalue weighted by molar-refractivity contribution is 14.1. The van der Waals surface area contributed by atoms with Crippen molar-refractivity contribution in [2.75, 3.05) is 9.45 Å². The van der Waals surface area contributed by atoms with Gasteiger partial charge in [-0.15, -0.1) is 5.10 Å². The Morgan fingerprint density at radius 2 is 1.78 bits per heavy atom. The molecule has 1 aliphatic heterocycles. The Bertz CT molecular complexity index is 856. The SMILES string of the molecule is CCn1nnc2c1-c1ccccc1N(CI)Cc1ccccc1-2. The van der Waals surface area contributed by atoms with E-state index in [1.54, 1.807) is 0 Å². The quantitative estimate of drug-likeness (QED) is 0.354. The van der Waals surface area contributed by atoms with E-state index in [-0.39, 0.29) is 0 Å². The van der Waals surface area contributed by atoms with Crippen LogP contribution in [0.5, 0.6) is 0 Å². The van der Waals surface area contributed by atoms with Gasteiger partial charge in [0.1, 0.15) is 5.69 Å². The smallest absolute Gasteiger partial charge is 0.121 e. The Morgan fingerprint density at radius 3 is 2.57 bits per heavy atom. The van der Waals surface area contributed by atoms with Gasteiger partial charge in [-0.1, -0.05) is 70.3 Å². The number of benzene rings is 2. The van der Waals surface area contributed by atoms with Gasteiger partial charge in [0.25, 0.3) is 0 Å². The molecule has 0 atom stereocenters. The van der Waals surface area contributed by atoms with Crippen LogP contribution in [0.3, 0.4) is 0 Å². The highest BCUT2D eigenvalue weighted by atomic mass is 127. The van der Waals surface area contributed by atoms with E-state index in [9.17, 15) is 0 Å². The molecule has 0 saturated carbocycles. The topological polar surface area (TPSA) is 34.0 Å². The predicted octanol–water partition coefficient (Wildman–Crippen LogP) is 4.34. The normalized spacial score (nSPS) is 12.9. The van der Waals surface area contributed by atoms with Crippen molar-refractivity contribution in [3.8, 4) is 22.5 Å². The Hall–Kier alpha value is -1.89. The molecule has 2 heterocycles. The van der Waals surface area contributed by atoms with Gasteiger partial charge in [0.2, 0.25) is 0 Å². The van der Waals surface area contributed by atoms with E-state index < -0.39 is 0 Å². The van der Waals surface area contributed by atoms with Crippen molar-refractivity contribution in [2.45, 2.75) is 20.0 Å². The van der Waals surface area contributed by atoms with Crippen molar-refractivity contribution >= 4 is 28.3 Å². The number of alkyl halides is 1. The van der Waals surface area contributed by atoms with Gasteiger partial charge in [-0.25, -0.2) is 4.68 Å². The maximum Gasteiger partial charge on any atom is 0.121 e. The molecule has 23 heavy (non-hydrogen) atoms. The first-order valence-corrected chi connectivity index (χ1v) is 9.28. The van der Waals surface area contributed by atoms with Crippen molar-refractivity contribution in [3.05, 3.63) is 54.1 Å². The number of hydrogen-bond acceptors (Lipinski definition) is 3. The van der Waals surface area contributed by atoms with Crippen LogP contribution in [0.1, 0.15) is 12.5 Å². The van der Waals surface area contributed by atoms with E-state index in [1.807, 2.05) is 4.68 Å². The standard InChI is InChI=1S/C18H17IN4/c1-2-23-18-15-9-5-6-10-16(15)22(12-19)11-13-7-3-4-8-14(13)17(18)20-21-23/h3-10H,2,11-12H2,1H3. The van der Waals surface area contributed by atoms with Gasteiger partial charge in [-0.05, 0) is 18.6 Å². The van der Waals surface area contributed by atoms with Crippen molar-refractivity contribution in [1.29, 1.82) is 0 Å². The van der Waals surface area contributed by atoms with Gasteiger partial charge in [0.15, 0.2) is 0 Å². The number of nitrogens with zero attached hydrogens (tertiary/aromatic N) is 4. The number of halogens is 1. The molecule has 4 nitrogen and oxygen atoms in total. The van der Waals surface area contributed by atoms with Crippen molar-refractivity contribution in [3.63, 3.8) is 0 Å². The molecule has 0 amide bonds. The molecule has 2 aromatic carbocycles. The predicted molar refractivity (Wildman–Crippen MR) is 102 cm³/mol. The zero-order valence-electron chi connectivity index (χ0n) is 12.9. The molecular weight excluding hydrogens is 399 g/mol. The second kappa shape index (κ2) is 5.96. The zero-order chi connectivity index (χ0) is 15.8. The fourth-order valence-corrected chi connectivity index (χ4v) is 3.83. The maximum atomic E-state index is 4.51. The lowest BCUT2D eigenvalue weighted by atomic mass is 9.96. The van der Waals surface area contributed by atoms with E-state index in [2.05, 4.69) is 93.3 Å². The summed E-state index contributed by atoms with van der Waals surface area (Å²) in [6.07, 6.45) is 0. The molecule has 0 saturated heterocycles. The van der Waals surface area contributed by atoms with E-state index >= 15 is 0 Å². The number of aryl methyl sites for hydroxylation is 1. The Morgan fingerprint density at radius 1 is 1.04 bits per heavy atom. The first-order valence-electron chi connectivity index (χ1n) is 7.75. The lowest BCUT2D eigenvalue weighted by molar-refractivity contribution is 0.633. The van der Waals surface area contributed by atoms with Crippen LogP contribution in [0.2, 0.25) is 0 Å². The van der Waals surface area contributed by atoms with Gasteiger partial charge in [-0.2, -0.15) is 0 Å². The third-order valence-electron chi connectivity index (χ3n) is 4.31. The first-order chi connectivity index (χ1) is 11.3. The summed E-state index contributed by atoms with van der Waals surface area (Å²) >= 11 is 2.44. The van der Waals surface area contributed by atoms with Gasteiger partial charge >= 0.3 is 0 Å². The number of para-hydroxylation sites is 1. The second-order valence-electron chi connectivity index (χ2n) is 5.59. The molecule has 0 aliphatic carbocycles. The largest absolute Gasteiger partial charge is 0.357 e. The molecular formula is C18H17IN4. The molecule has 1 aliphatic rings. The van der Waals surface area contributed by atoms with E-state index in [4.69, 9.17) is 0 Å². The first kappa shape index (κ1) is 14.7. The number of rotatable bonds is 2. The molecule has 0 fully saturated rings. The number of fused-ring (bicyclic) bond motifs is 5. The minimum absolute atomic E-state index is 0.809. The average molecular weight is 416 g/mol. The van der Waals surface area contributed by atoms with E-state index in [0.717, 1.165) is 29.0 Å². The summed E-state index contributed by atoms with van der Waals surface area (Å²) in [6.45, 7) is 3.80. The molecule has 0 bridgehead atoms. The maximum absolute atomic E-state index is 4.51. The third kappa shape index (κ3) is 2.34. The van der Waals surface area contributed by atoms with E-state index in [0.29, 0.717) is 0 Å². The van der Waals surface area contributed by atoms with Crippen LogP contribution >= 0.6 is 22.6 Å². The zero-order valence-corrected chi connectivity index (χ0v) is 15.1. The molecule has 4 rings (SSSR count). The number of anilines is 1. The van der Waals surface area contributed by atoms with Crippen LogP contribution in [0.15, 0.2) is 48.5 Å². The summed E-state index contributed by atoms with van der Waals surface area (Å²) < 4.78 is 2.94. The summed E-state index contributed by atoms with van der Waals surface area (Å²) in [4.78, 5) is 2.41. The monoisotopic (exact) mass is 416 g/mol. The van der Waals surface area contributed by atoms with Crippen molar-refractivity contribution in [1.82, 2.24) is 15.0 Å². The average Bonchev–Trinajstić information content (AvgIpc) is 3.02.